The first-order valence-electron chi connectivity index (χ1n) is 6.16. The molecule has 0 aromatic heterocycles. The number of anilines is 1. The maximum Gasteiger partial charge on any atom is 0.0560 e. The minimum Gasteiger partial charge on any atom is -0.399 e. The quantitative estimate of drug-likeness (QED) is 0.457. The molecule has 0 aliphatic carbocycles. The SMILES string of the molecule is Cc1cc(N)ccc1SCCOCCC(C)C. The van der Waals surface area contributed by atoms with Crippen LogP contribution < -0.4 is 5.73 Å². The molecule has 0 radical (unpaired) electrons. The van der Waals surface area contributed by atoms with Crippen molar-refractivity contribution in [1.29, 1.82) is 0 Å². The third-order valence-corrected chi connectivity index (χ3v) is 3.66. The van der Waals surface area contributed by atoms with Gasteiger partial charge in [0.15, 0.2) is 0 Å². The Hall–Kier alpha value is -0.670. The number of nitrogens with two attached hydrogens (primary N) is 1. The van der Waals surface area contributed by atoms with Gasteiger partial charge in [-0.2, -0.15) is 0 Å². The first-order chi connectivity index (χ1) is 8.09. The van der Waals surface area contributed by atoms with Crippen molar-refractivity contribution in [3.05, 3.63) is 23.8 Å². The zero-order valence-corrected chi connectivity index (χ0v) is 11.8. The zero-order chi connectivity index (χ0) is 12.7. The molecule has 0 spiro atoms. The zero-order valence-electron chi connectivity index (χ0n) is 11.0. The van der Waals surface area contributed by atoms with Gasteiger partial charge in [0.05, 0.1) is 6.61 Å². The normalized spacial score (nSPS) is 11.1. The van der Waals surface area contributed by atoms with Gasteiger partial charge in [-0.25, -0.2) is 0 Å². The van der Waals surface area contributed by atoms with E-state index >= 15 is 0 Å². The van der Waals surface area contributed by atoms with Gasteiger partial charge >= 0.3 is 0 Å². The van der Waals surface area contributed by atoms with Gasteiger partial charge < -0.3 is 10.5 Å². The van der Waals surface area contributed by atoms with Crippen LogP contribution in [0.1, 0.15) is 25.8 Å². The first-order valence-corrected chi connectivity index (χ1v) is 7.15. The summed E-state index contributed by atoms with van der Waals surface area (Å²) in [4.78, 5) is 1.30. The lowest BCUT2D eigenvalue weighted by atomic mass is 10.1. The van der Waals surface area contributed by atoms with Crippen LogP contribution in [0.15, 0.2) is 23.1 Å². The van der Waals surface area contributed by atoms with Gasteiger partial charge in [-0.1, -0.05) is 13.8 Å². The van der Waals surface area contributed by atoms with Crippen LogP contribution in [0.3, 0.4) is 0 Å². The molecule has 0 fully saturated rings. The molecular formula is C14H23NOS. The molecule has 17 heavy (non-hydrogen) atoms. The smallest absolute Gasteiger partial charge is 0.0560 e. The summed E-state index contributed by atoms with van der Waals surface area (Å²) in [5.41, 5.74) is 7.80. The van der Waals surface area contributed by atoms with E-state index in [1.807, 2.05) is 23.9 Å². The van der Waals surface area contributed by atoms with Crippen molar-refractivity contribution in [1.82, 2.24) is 0 Å². The molecule has 0 saturated carbocycles. The van der Waals surface area contributed by atoms with Gasteiger partial charge in [-0.3, -0.25) is 0 Å². The summed E-state index contributed by atoms with van der Waals surface area (Å²) in [6.45, 7) is 8.23. The largest absolute Gasteiger partial charge is 0.399 e. The van der Waals surface area contributed by atoms with E-state index in [4.69, 9.17) is 10.5 Å². The highest BCUT2D eigenvalue weighted by Gasteiger charge is 2.00. The van der Waals surface area contributed by atoms with Gasteiger partial charge in [0, 0.05) is 22.9 Å². The predicted octanol–water partition coefficient (Wildman–Crippen LogP) is 3.73. The monoisotopic (exact) mass is 253 g/mol. The number of aryl methyl sites for hydroxylation is 1. The predicted molar refractivity (Wildman–Crippen MR) is 76.6 cm³/mol. The fourth-order valence-electron chi connectivity index (χ4n) is 1.47. The van der Waals surface area contributed by atoms with Crippen molar-refractivity contribution in [2.45, 2.75) is 32.1 Å². The first kappa shape index (κ1) is 14.4. The number of nitrogen functional groups attached to an aromatic ring is 1. The topological polar surface area (TPSA) is 35.2 Å². The minimum atomic E-state index is 0.724. The molecule has 0 bridgehead atoms. The molecule has 0 unspecified atom stereocenters. The molecule has 1 aromatic rings. The summed E-state index contributed by atoms with van der Waals surface area (Å²) in [5, 5.41) is 0. The standard InChI is InChI=1S/C14H23NOS/c1-11(2)6-7-16-8-9-17-14-5-4-13(15)10-12(14)3/h4-5,10-11H,6-9,15H2,1-3H3. The summed E-state index contributed by atoms with van der Waals surface area (Å²) >= 11 is 1.83. The minimum absolute atomic E-state index is 0.724. The molecule has 0 aliphatic rings. The third-order valence-electron chi connectivity index (χ3n) is 2.52. The maximum absolute atomic E-state index is 5.72. The summed E-state index contributed by atoms with van der Waals surface area (Å²) in [6.07, 6.45) is 1.14. The van der Waals surface area contributed by atoms with Crippen LogP contribution in [0.25, 0.3) is 0 Å². The van der Waals surface area contributed by atoms with Gasteiger partial charge in [0.1, 0.15) is 0 Å². The molecule has 0 amide bonds. The Morgan fingerprint density at radius 3 is 2.71 bits per heavy atom. The van der Waals surface area contributed by atoms with Crippen molar-refractivity contribution < 1.29 is 4.74 Å². The molecule has 1 aromatic carbocycles. The van der Waals surface area contributed by atoms with Crippen LogP contribution in [-0.4, -0.2) is 19.0 Å². The number of rotatable bonds is 7. The Kier molecular flexibility index (Phi) is 6.45. The molecule has 96 valence electrons. The molecule has 2 nitrogen and oxygen atoms in total. The summed E-state index contributed by atoms with van der Waals surface area (Å²) in [7, 11) is 0. The molecule has 2 N–H and O–H groups in total. The van der Waals surface area contributed by atoms with E-state index in [1.54, 1.807) is 0 Å². The van der Waals surface area contributed by atoms with E-state index in [0.717, 1.165) is 37.0 Å². The average Bonchev–Trinajstić information content (AvgIpc) is 2.25. The number of benzene rings is 1. The Morgan fingerprint density at radius 2 is 2.06 bits per heavy atom. The molecule has 0 saturated heterocycles. The van der Waals surface area contributed by atoms with Crippen molar-refractivity contribution >= 4 is 17.4 Å². The van der Waals surface area contributed by atoms with Crippen LogP contribution >= 0.6 is 11.8 Å². The van der Waals surface area contributed by atoms with Gasteiger partial charge in [0.25, 0.3) is 0 Å². The lowest BCUT2D eigenvalue weighted by molar-refractivity contribution is 0.138. The van der Waals surface area contributed by atoms with Crippen molar-refractivity contribution in [2.75, 3.05) is 24.7 Å². The summed E-state index contributed by atoms with van der Waals surface area (Å²) in [5.74, 6) is 1.73. The van der Waals surface area contributed by atoms with Crippen LogP contribution in [0.5, 0.6) is 0 Å². The fraction of sp³-hybridized carbons (Fsp3) is 0.571. The van der Waals surface area contributed by atoms with E-state index in [9.17, 15) is 0 Å². The van der Waals surface area contributed by atoms with Crippen molar-refractivity contribution in [2.24, 2.45) is 5.92 Å². The Balaban J connectivity index is 2.18. The lowest BCUT2D eigenvalue weighted by Crippen LogP contribution is -2.02. The third kappa shape index (κ3) is 5.99. The maximum atomic E-state index is 5.72. The van der Waals surface area contributed by atoms with E-state index in [1.165, 1.54) is 10.5 Å². The number of hydrogen-bond donors (Lipinski definition) is 1. The van der Waals surface area contributed by atoms with Crippen LogP contribution in [-0.2, 0) is 4.74 Å². The highest BCUT2D eigenvalue weighted by atomic mass is 32.2. The van der Waals surface area contributed by atoms with Gasteiger partial charge in [0.2, 0.25) is 0 Å². The lowest BCUT2D eigenvalue weighted by Gasteiger charge is -2.08. The second-order valence-electron chi connectivity index (χ2n) is 4.67. The second kappa shape index (κ2) is 7.62. The van der Waals surface area contributed by atoms with E-state index in [2.05, 4.69) is 26.8 Å². The second-order valence-corrected chi connectivity index (χ2v) is 5.81. The van der Waals surface area contributed by atoms with Gasteiger partial charge in [-0.05, 0) is 43.0 Å². The number of hydrogen-bond acceptors (Lipinski definition) is 3. The highest BCUT2D eigenvalue weighted by Crippen LogP contribution is 2.23. The molecular weight excluding hydrogens is 230 g/mol. The van der Waals surface area contributed by atoms with E-state index in [0.29, 0.717) is 0 Å². The van der Waals surface area contributed by atoms with Crippen LogP contribution in [0.4, 0.5) is 5.69 Å². The highest BCUT2D eigenvalue weighted by molar-refractivity contribution is 7.99. The van der Waals surface area contributed by atoms with E-state index < -0.39 is 0 Å². The number of ether oxygens (including phenoxy) is 1. The molecule has 0 aliphatic heterocycles. The van der Waals surface area contributed by atoms with Crippen molar-refractivity contribution in [3.63, 3.8) is 0 Å². The molecule has 0 atom stereocenters. The number of thioether (sulfide) groups is 1. The van der Waals surface area contributed by atoms with Crippen LogP contribution in [0, 0.1) is 12.8 Å². The van der Waals surface area contributed by atoms with Crippen LogP contribution in [0.2, 0.25) is 0 Å². The molecule has 1 rings (SSSR count). The van der Waals surface area contributed by atoms with E-state index in [-0.39, 0.29) is 0 Å². The molecule has 0 heterocycles. The fourth-order valence-corrected chi connectivity index (χ4v) is 2.34. The summed E-state index contributed by atoms with van der Waals surface area (Å²) < 4.78 is 5.58. The Bertz CT molecular complexity index is 339. The summed E-state index contributed by atoms with van der Waals surface area (Å²) in [6, 6.07) is 6.06. The Morgan fingerprint density at radius 1 is 1.29 bits per heavy atom. The average molecular weight is 253 g/mol. The van der Waals surface area contributed by atoms with Gasteiger partial charge in [-0.15, -0.1) is 11.8 Å². The van der Waals surface area contributed by atoms with Crippen molar-refractivity contribution in [3.8, 4) is 0 Å². The molecule has 3 heteroatoms. The Labute approximate surface area is 109 Å².